The highest BCUT2D eigenvalue weighted by atomic mass is 16.3. The highest BCUT2D eigenvalue weighted by Gasteiger charge is 2.25. The lowest BCUT2D eigenvalue weighted by Crippen LogP contribution is -1.95. The molecule has 0 atom stereocenters. The van der Waals surface area contributed by atoms with E-state index in [0.29, 0.717) is 5.82 Å². The third-order valence-corrected chi connectivity index (χ3v) is 11.1. The molecule has 0 spiro atoms. The maximum atomic E-state index is 7.11. The fourth-order valence-corrected chi connectivity index (χ4v) is 8.21. The van der Waals surface area contributed by atoms with Gasteiger partial charge in [0.15, 0.2) is 5.82 Å². The van der Waals surface area contributed by atoms with Gasteiger partial charge >= 0.3 is 0 Å². The zero-order chi connectivity index (χ0) is 39.1. The van der Waals surface area contributed by atoms with Crippen molar-refractivity contribution in [1.82, 2.24) is 15.0 Å². The zero-order valence-electron chi connectivity index (χ0n) is 32.0. The Balaban J connectivity index is 1.03. The van der Waals surface area contributed by atoms with Gasteiger partial charge in [-0.05, 0) is 45.7 Å². The molecule has 0 fully saturated rings. The monoisotopic (exact) mass is 753 g/mol. The van der Waals surface area contributed by atoms with Crippen LogP contribution in [0.25, 0.3) is 111 Å². The first kappa shape index (κ1) is 34.3. The van der Waals surface area contributed by atoms with Gasteiger partial charge in [-0.1, -0.05) is 194 Å². The first-order valence-electron chi connectivity index (χ1n) is 19.9. The van der Waals surface area contributed by atoms with Crippen LogP contribution in [0, 0.1) is 0 Å². The molecule has 59 heavy (non-hydrogen) atoms. The predicted octanol–water partition coefficient (Wildman–Crippen LogP) is 14.6. The van der Waals surface area contributed by atoms with Crippen molar-refractivity contribution in [3.8, 4) is 78.7 Å². The molecule has 3 heterocycles. The van der Waals surface area contributed by atoms with Gasteiger partial charge in [0.25, 0.3) is 0 Å². The van der Waals surface area contributed by atoms with Crippen LogP contribution in [-0.2, 0) is 0 Å². The highest BCUT2D eigenvalue weighted by molar-refractivity contribution is 6.19. The van der Waals surface area contributed by atoms with E-state index in [1.165, 1.54) is 10.8 Å². The summed E-state index contributed by atoms with van der Waals surface area (Å²) < 4.78 is 7.11. The van der Waals surface area contributed by atoms with Crippen LogP contribution in [0.4, 0.5) is 0 Å². The largest absolute Gasteiger partial charge is 0.455 e. The van der Waals surface area contributed by atoms with Gasteiger partial charge in [0.2, 0.25) is 0 Å². The van der Waals surface area contributed by atoms with Crippen LogP contribution < -0.4 is 0 Å². The van der Waals surface area contributed by atoms with Gasteiger partial charge in [-0.2, -0.15) is 0 Å². The molecule has 0 saturated heterocycles. The summed E-state index contributed by atoms with van der Waals surface area (Å²) in [7, 11) is 0. The van der Waals surface area contributed by atoms with Crippen molar-refractivity contribution in [3.63, 3.8) is 0 Å². The lowest BCUT2D eigenvalue weighted by Gasteiger charge is -2.11. The summed E-state index contributed by atoms with van der Waals surface area (Å²) in [5.41, 5.74) is 13.9. The molecule has 4 nitrogen and oxygen atoms in total. The van der Waals surface area contributed by atoms with Crippen LogP contribution in [-0.4, -0.2) is 15.0 Å². The number of hydrogen-bond acceptors (Lipinski definition) is 4. The SMILES string of the molecule is c1ccc(-c2cc(-c3ccc(-c4ccc(-c5oc6c(c(-c7ccccc7)nc7ccccc76)c5-c5cccc6ccccc56)cc4)cc3)nc(-c3ccccc3)n2)cc1. The van der Waals surface area contributed by atoms with Gasteiger partial charge < -0.3 is 4.42 Å². The summed E-state index contributed by atoms with van der Waals surface area (Å²) in [5.74, 6) is 1.52. The fraction of sp³-hybridized carbons (Fsp3) is 0. The van der Waals surface area contributed by atoms with Crippen LogP contribution in [0.1, 0.15) is 0 Å². The summed E-state index contributed by atoms with van der Waals surface area (Å²) in [5, 5.41) is 4.34. The average Bonchev–Trinajstić information content (AvgIpc) is 3.73. The molecule has 0 aliphatic rings. The summed E-state index contributed by atoms with van der Waals surface area (Å²) in [6.45, 7) is 0. The summed E-state index contributed by atoms with van der Waals surface area (Å²) in [6.07, 6.45) is 0. The Labute approximate surface area is 341 Å². The number of fused-ring (bicyclic) bond motifs is 4. The number of para-hydroxylation sites is 1. The van der Waals surface area contributed by atoms with E-state index in [9.17, 15) is 0 Å². The number of pyridine rings is 1. The molecule has 276 valence electrons. The van der Waals surface area contributed by atoms with Crippen molar-refractivity contribution < 1.29 is 4.42 Å². The third-order valence-electron chi connectivity index (χ3n) is 11.1. The second-order valence-electron chi connectivity index (χ2n) is 14.7. The third kappa shape index (κ3) is 6.24. The van der Waals surface area contributed by atoms with Crippen molar-refractivity contribution in [2.45, 2.75) is 0 Å². The van der Waals surface area contributed by atoms with Gasteiger partial charge in [0, 0.05) is 38.8 Å². The van der Waals surface area contributed by atoms with Gasteiger partial charge in [0.05, 0.1) is 28.0 Å². The number of benzene rings is 8. The Morgan fingerprint density at radius 1 is 0.356 bits per heavy atom. The summed E-state index contributed by atoms with van der Waals surface area (Å²) in [6, 6.07) is 73.7. The maximum absolute atomic E-state index is 7.11. The highest BCUT2D eigenvalue weighted by Crippen LogP contribution is 2.48. The number of aromatic nitrogens is 3. The first-order chi connectivity index (χ1) is 29.2. The summed E-state index contributed by atoms with van der Waals surface area (Å²) in [4.78, 5) is 15.3. The zero-order valence-corrected chi connectivity index (χ0v) is 32.0. The van der Waals surface area contributed by atoms with Crippen molar-refractivity contribution in [2.24, 2.45) is 0 Å². The standard InChI is InChI=1S/C55H35N3O/c1-4-16-39(17-5-1)48-35-49(58-55(57-48)43-20-8-3-9-21-43)40-31-27-36(28-32-40)37-29-33-42(34-30-37)53-50(45-25-14-22-38-15-10-11-23-44(38)45)51-52(41-18-6-2-7-19-41)56-47-26-13-12-24-46(47)54(51)59-53/h1-35H. The second-order valence-corrected chi connectivity index (χ2v) is 14.7. The molecule has 0 aliphatic carbocycles. The first-order valence-corrected chi connectivity index (χ1v) is 19.9. The molecule has 0 bridgehead atoms. The van der Waals surface area contributed by atoms with Crippen molar-refractivity contribution in [1.29, 1.82) is 0 Å². The van der Waals surface area contributed by atoms with E-state index in [1.54, 1.807) is 0 Å². The van der Waals surface area contributed by atoms with Crippen LogP contribution in [0.2, 0.25) is 0 Å². The Morgan fingerprint density at radius 2 is 0.864 bits per heavy atom. The van der Waals surface area contributed by atoms with Crippen LogP contribution >= 0.6 is 0 Å². The van der Waals surface area contributed by atoms with Crippen molar-refractivity contribution in [3.05, 3.63) is 212 Å². The van der Waals surface area contributed by atoms with Crippen molar-refractivity contribution in [2.75, 3.05) is 0 Å². The van der Waals surface area contributed by atoms with E-state index in [-0.39, 0.29) is 0 Å². The minimum atomic E-state index is 0.703. The molecule has 8 aromatic carbocycles. The van der Waals surface area contributed by atoms with Crippen LogP contribution in [0.5, 0.6) is 0 Å². The smallest absolute Gasteiger partial charge is 0.160 e. The molecule has 0 N–H and O–H groups in total. The molecule has 0 aliphatic heterocycles. The Bertz CT molecular complexity index is 3220. The quantitative estimate of drug-likeness (QED) is 0.163. The Morgan fingerprint density at radius 3 is 1.54 bits per heavy atom. The molecule has 0 unspecified atom stereocenters. The Kier molecular flexibility index (Phi) is 8.45. The molecule has 0 amide bonds. The molecular formula is C55H35N3O. The van der Waals surface area contributed by atoms with E-state index in [1.807, 2.05) is 48.5 Å². The van der Waals surface area contributed by atoms with Crippen LogP contribution in [0.15, 0.2) is 217 Å². The fourth-order valence-electron chi connectivity index (χ4n) is 8.21. The van der Waals surface area contributed by atoms with Gasteiger partial charge in [0.1, 0.15) is 11.3 Å². The van der Waals surface area contributed by atoms with Gasteiger partial charge in [-0.3, -0.25) is 0 Å². The van der Waals surface area contributed by atoms with Crippen LogP contribution in [0.3, 0.4) is 0 Å². The van der Waals surface area contributed by atoms with E-state index in [2.05, 4.69) is 164 Å². The number of rotatable bonds is 7. The average molecular weight is 754 g/mol. The predicted molar refractivity (Wildman–Crippen MR) is 243 cm³/mol. The molecule has 4 heteroatoms. The molecule has 11 rings (SSSR count). The minimum absolute atomic E-state index is 0.703. The molecule has 11 aromatic rings. The second kappa shape index (κ2) is 14.5. The number of nitrogens with zero attached hydrogens (tertiary/aromatic N) is 3. The van der Waals surface area contributed by atoms with E-state index >= 15 is 0 Å². The Hall–Kier alpha value is -7.95. The van der Waals surface area contributed by atoms with E-state index in [4.69, 9.17) is 19.4 Å². The molecule has 0 saturated carbocycles. The molecule has 3 aromatic heterocycles. The molecular weight excluding hydrogens is 719 g/mol. The maximum Gasteiger partial charge on any atom is 0.160 e. The van der Waals surface area contributed by atoms with E-state index in [0.717, 1.165) is 94.8 Å². The van der Waals surface area contributed by atoms with Gasteiger partial charge in [-0.15, -0.1) is 0 Å². The van der Waals surface area contributed by atoms with Gasteiger partial charge in [-0.25, -0.2) is 15.0 Å². The lowest BCUT2D eigenvalue weighted by molar-refractivity contribution is 0.636. The van der Waals surface area contributed by atoms with E-state index < -0.39 is 0 Å². The van der Waals surface area contributed by atoms with Crippen molar-refractivity contribution >= 4 is 32.6 Å². The topological polar surface area (TPSA) is 51.8 Å². The number of furan rings is 1. The summed E-state index contributed by atoms with van der Waals surface area (Å²) >= 11 is 0. The minimum Gasteiger partial charge on any atom is -0.455 e. The molecule has 0 radical (unpaired) electrons. The number of hydrogen-bond donors (Lipinski definition) is 0. The lowest BCUT2D eigenvalue weighted by atomic mass is 9.91. The normalized spacial score (nSPS) is 11.4.